The van der Waals surface area contributed by atoms with Gasteiger partial charge in [0.2, 0.25) is 0 Å². The summed E-state index contributed by atoms with van der Waals surface area (Å²) < 4.78 is 36.5. The van der Waals surface area contributed by atoms with Crippen molar-refractivity contribution in [2.75, 3.05) is 18.1 Å². The highest BCUT2D eigenvalue weighted by molar-refractivity contribution is 7.91. The molecule has 3 nitrogen and oxygen atoms in total. The molecule has 1 aliphatic heterocycles. The maximum Gasteiger partial charge on any atom is 0.150 e. The van der Waals surface area contributed by atoms with Crippen LogP contribution in [0, 0.1) is 17.7 Å². The Balaban J connectivity index is 2.09. The zero-order chi connectivity index (χ0) is 13.2. The summed E-state index contributed by atoms with van der Waals surface area (Å²) in [5.74, 6) is 0.310. The summed E-state index contributed by atoms with van der Waals surface area (Å²) in [7, 11) is -2.90. The number of rotatable bonds is 4. The van der Waals surface area contributed by atoms with E-state index in [2.05, 4.69) is 0 Å². The highest BCUT2D eigenvalue weighted by Crippen LogP contribution is 2.28. The third kappa shape index (κ3) is 3.09. The van der Waals surface area contributed by atoms with Crippen LogP contribution in [0.2, 0.25) is 0 Å². The van der Waals surface area contributed by atoms with Crippen molar-refractivity contribution < 1.29 is 12.8 Å². The summed E-state index contributed by atoms with van der Waals surface area (Å²) in [6.07, 6.45) is 1.17. The zero-order valence-electron chi connectivity index (χ0n) is 10.2. The van der Waals surface area contributed by atoms with Gasteiger partial charge in [-0.05, 0) is 42.9 Å². The van der Waals surface area contributed by atoms with Crippen LogP contribution >= 0.6 is 0 Å². The fraction of sp³-hybridized carbons (Fsp3) is 0.538. The van der Waals surface area contributed by atoms with Gasteiger partial charge in [0, 0.05) is 0 Å². The van der Waals surface area contributed by atoms with Gasteiger partial charge in [0.15, 0.2) is 9.84 Å². The van der Waals surface area contributed by atoms with Gasteiger partial charge >= 0.3 is 0 Å². The molecule has 0 amide bonds. The highest BCUT2D eigenvalue weighted by Gasteiger charge is 2.33. The van der Waals surface area contributed by atoms with E-state index in [-0.39, 0.29) is 29.2 Å². The molecule has 0 radical (unpaired) electrons. The predicted molar refractivity (Wildman–Crippen MR) is 69.4 cm³/mol. The molecule has 1 aromatic rings. The number of nitrogens with two attached hydrogens (primary N) is 1. The number of halogens is 1. The summed E-state index contributed by atoms with van der Waals surface area (Å²) in [6.45, 7) is 0.397. The van der Waals surface area contributed by atoms with E-state index in [0.29, 0.717) is 24.9 Å². The minimum atomic E-state index is -2.90. The second kappa shape index (κ2) is 5.36. The van der Waals surface area contributed by atoms with Gasteiger partial charge in [-0.15, -0.1) is 0 Å². The Morgan fingerprint density at radius 1 is 1.39 bits per heavy atom. The molecule has 0 aromatic heterocycles. The first kappa shape index (κ1) is 13.5. The summed E-state index contributed by atoms with van der Waals surface area (Å²) in [6, 6.07) is 6.60. The second-order valence-corrected chi connectivity index (χ2v) is 7.18. The van der Waals surface area contributed by atoms with Crippen molar-refractivity contribution in [3.8, 4) is 0 Å². The van der Waals surface area contributed by atoms with Crippen molar-refractivity contribution in [1.82, 2.24) is 0 Å². The summed E-state index contributed by atoms with van der Waals surface area (Å²) >= 11 is 0. The smallest absolute Gasteiger partial charge is 0.150 e. The van der Waals surface area contributed by atoms with Crippen molar-refractivity contribution in [1.29, 1.82) is 0 Å². The molecule has 5 heteroatoms. The number of benzene rings is 1. The maximum absolute atomic E-state index is 13.6. The first-order valence-electron chi connectivity index (χ1n) is 6.16. The standard InChI is InChI=1S/C13H18FNO2S/c14-13-4-2-1-3-10(13)7-12(8-15)11-5-6-18(16,17)9-11/h1-4,11-12H,5-9,15H2. The number of hydrogen-bond donors (Lipinski definition) is 1. The van der Waals surface area contributed by atoms with Crippen LogP contribution in [0.1, 0.15) is 12.0 Å². The Bertz CT molecular complexity index is 515. The minimum absolute atomic E-state index is 0.0409. The average Bonchev–Trinajstić information content (AvgIpc) is 2.68. The summed E-state index contributed by atoms with van der Waals surface area (Å²) in [5.41, 5.74) is 6.34. The molecule has 1 heterocycles. The molecule has 0 spiro atoms. The Labute approximate surface area is 107 Å². The van der Waals surface area contributed by atoms with E-state index in [1.807, 2.05) is 0 Å². The minimum Gasteiger partial charge on any atom is -0.330 e. The number of hydrogen-bond acceptors (Lipinski definition) is 3. The molecule has 2 rings (SSSR count). The summed E-state index contributed by atoms with van der Waals surface area (Å²) in [4.78, 5) is 0. The maximum atomic E-state index is 13.6. The fourth-order valence-electron chi connectivity index (χ4n) is 2.58. The van der Waals surface area contributed by atoms with E-state index in [1.165, 1.54) is 6.07 Å². The fourth-order valence-corrected chi connectivity index (χ4v) is 4.50. The largest absolute Gasteiger partial charge is 0.330 e. The van der Waals surface area contributed by atoms with Crippen molar-refractivity contribution in [2.45, 2.75) is 12.8 Å². The van der Waals surface area contributed by atoms with Crippen LogP contribution in [0.3, 0.4) is 0 Å². The lowest BCUT2D eigenvalue weighted by atomic mass is 9.86. The Morgan fingerprint density at radius 3 is 2.67 bits per heavy atom. The average molecular weight is 271 g/mol. The molecule has 0 saturated carbocycles. The molecule has 1 aliphatic rings. The van der Waals surface area contributed by atoms with E-state index in [0.717, 1.165) is 0 Å². The molecule has 1 saturated heterocycles. The highest BCUT2D eigenvalue weighted by atomic mass is 32.2. The van der Waals surface area contributed by atoms with Gasteiger partial charge in [0.25, 0.3) is 0 Å². The topological polar surface area (TPSA) is 60.2 Å². The van der Waals surface area contributed by atoms with Gasteiger partial charge in [-0.2, -0.15) is 0 Å². The van der Waals surface area contributed by atoms with Crippen molar-refractivity contribution >= 4 is 9.84 Å². The van der Waals surface area contributed by atoms with E-state index in [4.69, 9.17) is 5.73 Å². The van der Waals surface area contributed by atoms with Crippen LogP contribution < -0.4 is 5.73 Å². The Hall–Kier alpha value is -0.940. The van der Waals surface area contributed by atoms with E-state index >= 15 is 0 Å². The molecule has 0 aliphatic carbocycles. The van der Waals surface area contributed by atoms with Crippen LogP contribution in [0.15, 0.2) is 24.3 Å². The van der Waals surface area contributed by atoms with Crippen molar-refractivity contribution in [2.24, 2.45) is 17.6 Å². The lowest BCUT2D eigenvalue weighted by molar-refractivity contribution is 0.366. The lowest BCUT2D eigenvalue weighted by Gasteiger charge is -2.21. The van der Waals surface area contributed by atoms with Crippen LogP contribution in [0.4, 0.5) is 4.39 Å². The van der Waals surface area contributed by atoms with Gasteiger partial charge in [-0.3, -0.25) is 0 Å². The Morgan fingerprint density at radius 2 is 2.11 bits per heavy atom. The number of sulfone groups is 1. The molecular formula is C13H18FNO2S. The monoisotopic (exact) mass is 271 g/mol. The van der Waals surface area contributed by atoms with Gasteiger partial charge in [0.05, 0.1) is 11.5 Å². The predicted octanol–water partition coefficient (Wildman–Crippen LogP) is 1.38. The molecule has 1 aromatic carbocycles. The molecule has 2 unspecified atom stereocenters. The zero-order valence-corrected chi connectivity index (χ0v) is 11.0. The quantitative estimate of drug-likeness (QED) is 0.900. The van der Waals surface area contributed by atoms with Gasteiger partial charge < -0.3 is 5.73 Å². The SMILES string of the molecule is NCC(Cc1ccccc1F)C1CCS(=O)(=O)C1. The molecule has 2 atom stereocenters. The van der Waals surface area contributed by atoms with Crippen LogP contribution in [0.25, 0.3) is 0 Å². The van der Waals surface area contributed by atoms with E-state index < -0.39 is 9.84 Å². The normalized spacial score (nSPS) is 24.0. The van der Waals surface area contributed by atoms with Crippen LogP contribution in [-0.4, -0.2) is 26.5 Å². The van der Waals surface area contributed by atoms with Gasteiger partial charge in [-0.25, -0.2) is 12.8 Å². The first-order valence-corrected chi connectivity index (χ1v) is 7.98. The third-order valence-electron chi connectivity index (χ3n) is 3.68. The molecule has 0 bridgehead atoms. The van der Waals surface area contributed by atoms with Crippen LogP contribution in [0.5, 0.6) is 0 Å². The Kier molecular flexibility index (Phi) is 4.02. The lowest BCUT2D eigenvalue weighted by Crippen LogP contribution is -2.26. The van der Waals surface area contributed by atoms with E-state index in [9.17, 15) is 12.8 Å². The van der Waals surface area contributed by atoms with Gasteiger partial charge in [0.1, 0.15) is 5.82 Å². The first-order chi connectivity index (χ1) is 8.52. The molecular weight excluding hydrogens is 253 g/mol. The van der Waals surface area contributed by atoms with Crippen LogP contribution in [-0.2, 0) is 16.3 Å². The molecule has 2 N–H and O–H groups in total. The van der Waals surface area contributed by atoms with Gasteiger partial charge in [-0.1, -0.05) is 18.2 Å². The summed E-state index contributed by atoms with van der Waals surface area (Å²) in [5, 5.41) is 0. The second-order valence-electron chi connectivity index (χ2n) is 4.95. The van der Waals surface area contributed by atoms with E-state index in [1.54, 1.807) is 18.2 Å². The van der Waals surface area contributed by atoms with Crippen molar-refractivity contribution in [3.63, 3.8) is 0 Å². The third-order valence-corrected chi connectivity index (χ3v) is 5.47. The molecule has 18 heavy (non-hydrogen) atoms. The molecule has 100 valence electrons. The van der Waals surface area contributed by atoms with Crippen molar-refractivity contribution in [3.05, 3.63) is 35.6 Å². The molecule has 1 fully saturated rings.